The summed E-state index contributed by atoms with van der Waals surface area (Å²) in [7, 11) is 4.16. The van der Waals surface area contributed by atoms with E-state index in [1.807, 2.05) is 6.07 Å². The van der Waals surface area contributed by atoms with Crippen molar-refractivity contribution in [1.29, 1.82) is 0 Å². The van der Waals surface area contributed by atoms with Crippen molar-refractivity contribution in [3.63, 3.8) is 0 Å². The zero-order valence-electron chi connectivity index (χ0n) is 11.9. The van der Waals surface area contributed by atoms with Gasteiger partial charge in [-0.2, -0.15) is 0 Å². The van der Waals surface area contributed by atoms with Gasteiger partial charge in [0.25, 0.3) is 0 Å². The first-order valence-corrected chi connectivity index (χ1v) is 7.93. The molecule has 0 amide bonds. The molecule has 1 aromatic carbocycles. The molecule has 0 heterocycles. The maximum atomic E-state index is 11.1. The molecule has 106 valence electrons. The summed E-state index contributed by atoms with van der Waals surface area (Å²) < 4.78 is 1.09. The van der Waals surface area contributed by atoms with Crippen LogP contribution < -0.4 is 0 Å². The molecule has 0 unspecified atom stereocenters. The molecular weight excluding hydrogens is 302 g/mol. The molecular formula is C16H24BrNO. The van der Waals surface area contributed by atoms with Crippen molar-refractivity contribution in [1.82, 2.24) is 4.90 Å². The van der Waals surface area contributed by atoms with E-state index in [0.29, 0.717) is 0 Å². The molecule has 1 atom stereocenters. The third-order valence-corrected chi connectivity index (χ3v) is 4.66. The van der Waals surface area contributed by atoms with Crippen molar-refractivity contribution in [3.05, 3.63) is 34.3 Å². The normalized spacial score (nSPS) is 20.5. The molecule has 2 rings (SSSR count). The molecule has 0 bridgehead atoms. The number of benzene rings is 1. The van der Waals surface area contributed by atoms with Gasteiger partial charge >= 0.3 is 0 Å². The monoisotopic (exact) mass is 325 g/mol. The fourth-order valence-electron chi connectivity index (χ4n) is 3.19. The number of hydrogen-bond acceptors (Lipinski definition) is 2. The Bertz CT molecular complexity index is 413. The number of halogens is 1. The fraction of sp³-hybridized carbons (Fsp3) is 0.625. The lowest BCUT2D eigenvalue weighted by atomic mass is 9.72. The van der Waals surface area contributed by atoms with Crippen molar-refractivity contribution in [2.75, 3.05) is 20.6 Å². The maximum absolute atomic E-state index is 11.1. The van der Waals surface area contributed by atoms with Gasteiger partial charge in [-0.05, 0) is 44.6 Å². The minimum absolute atomic E-state index is 0.195. The van der Waals surface area contributed by atoms with Crippen molar-refractivity contribution >= 4 is 15.9 Å². The lowest BCUT2D eigenvalue weighted by Gasteiger charge is -2.41. The molecule has 1 fully saturated rings. The van der Waals surface area contributed by atoms with E-state index < -0.39 is 5.60 Å². The second-order valence-electron chi connectivity index (χ2n) is 6.03. The molecule has 1 aliphatic carbocycles. The third-order valence-electron chi connectivity index (χ3n) is 4.17. The first-order valence-electron chi connectivity index (χ1n) is 7.14. The second kappa shape index (κ2) is 6.38. The number of aliphatic hydroxyl groups is 1. The van der Waals surface area contributed by atoms with Gasteiger partial charge in [0, 0.05) is 16.9 Å². The number of hydrogen-bond donors (Lipinski definition) is 1. The minimum atomic E-state index is -0.538. The van der Waals surface area contributed by atoms with Crippen molar-refractivity contribution < 1.29 is 5.11 Å². The van der Waals surface area contributed by atoms with Crippen LogP contribution in [0.5, 0.6) is 0 Å². The van der Waals surface area contributed by atoms with Gasteiger partial charge in [-0.25, -0.2) is 0 Å². The predicted molar refractivity (Wildman–Crippen MR) is 83.5 cm³/mol. The van der Waals surface area contributed by atoms with E-state index in [4.69, 9.17) is 0 Å². The van der Waals surface area contributed by atoms with Gasteiger partial charge in [0.05, 0.1) is 5.60 Å². The Hall–Kier alpha value is -0.380. The zero-order valence-corrected chi connectivity index (χ0v) is 13.5. The van der Waals surface area contributed by atoms with E-state index >= 15 is 0 Å². The van der Waals surface area contributed by atoms with Crippen LogP contribution in [0, 0.1) is 0 Å². The topological polar surface area (TPSA) is 23.5 Å². The molecule has 0 aromatic heterocycles. The summed E-state index contributed by atoms with van der Waals surface area (Å²) in [6.45, 7) is 0.896. The highest BCUT2D eigenvalue weighted by molar-refractivity contribution is 9.10. The quantitative estimate of drug-likeness (QED) is 0.910. The zero-order chi connectivity index (χ0) is 13.9. The average Bonchev–Trinajstić information content (AvgIpc) is 2.36. The summed E-state index contributed by atoms with van der Waals surface area (Å²) in [5.41, 5.74) is 0.705. The van der Waals surface area contributed by atoms with E-state index in [9.17, 15) is 5.11 Å². The maximum Gasteiger partial charge on any atom is 0.0728 e. The van der Waals surface area contributed by atoms with Crippen LogP contribution in [0.15, 0.2) is 28.7 Å². The summed E-state index contributed by atoms with van der Waals surface area (Å²) in [5, 5.41) is 11.1. The van der Waals surface area contributed by atoms with E-state index in [-0.39, 0.29) is 5.92 Å². The van der Waals surface area contributed by atoms with Gasteiger partial charge in [-0.1, -0.05) is 47.3 Å². The molecule has 0 saturated heterocycles. The van der Waals surface area contributed by atoms with Crippen LogP contribution in [-0.2, 0) is 0 Å². The fourth-order valence-corrected chi connectivity index (χ4v) is 3.60. The Labute approximate surface area is 124 Å². The predicted octanol–water partition coefficient (Wildman–Crippen LogP) is 3.79. The Balaban J connectivity index is 2.29. The summed E-state index contributed by atoms with van der Waals surface area (Å²) in [6.07, 6.45) is 5.41. The molecule has 19 heavy (non-hydrogen) atoms. The average molecular weight is 326 g/mol. The van der Waals surface area contributed by atoms with Crippen LogP contribution in [0.3, 0.4) is 0 Å². The number of rotatable bonds is 4. The Morgan fingerprint density at radius 3 is 2.53 bits per heavy atom. The summed E-state index contributed by atoms with van der Waals surface area (Å²) in [5.74, 6) is 0.195. The largest absolute Gasteiger partial charge is 0.389 e. The molecule has 3 heteroatoms. The molecule has 2 nitrogen and oxygen atoms in total. The first kappa shape index (κ1) is 15.0. The van der Waals surface area contributed by atoms with Crippen LogP contribution >= 0.6 is 15.9 Å². The third kappa shape index (κ3) is 3.80. The Morgan fingerprint density at radius 1 is 1.26 bits per heavy atom. The summed E-state index contributed by atoms with van der Waals surface area (Å²) in [4.78, 5) is 2.18. The highest BCUT2D eigenvalue weighted by Gasteiger charge is 2.38. The van der Waals surface area contributed by atoms with E-state index in [1.54, 1.807) is 0 Å². The van der Waals surface area contributed by atoms with Crippen LogP contribution in [0.1, 0.15) is 43.6 Å². The van der Waals surface area contributed by atoms with Crippen LogP contribution in [0.4, 0.5) is 0 Å². The molecule has 0 spiro atoms. The van der Waals surface area contributed by atoms with Crippen molar-refractivity contribution in [2.45, 2.75) is 43.6 Å². The lowest BCUT2D eigenvalue weighted by Crippen LogP contribution is -2.42. The minimum Gasteiger partial charge on any atom is -0.389 e. The van der Waals surface area contributed by atoms with Gasteiger partial charge in [0.1, 0.15) is 0 Å². The summed E-state index contributed by atoms with van der Waals surface area (Å²) >= 11 is 3.54. The Morgan fingerprint density at radius 2 is 1.95 bits per heavy atom. The molecule has 1 saturated carbocycles. The van der Waals surface area contributed by atoms with Gasteiger partial charge in [-0.15, -0.1) is 0 Å². The van der Waals surface area contributed by atoms with E-state index in [2.05, 4.69) is 53.1 Å². The van der Waals surface area contributed by atoms with E-state index in [0.717, 1.165) is 36.7 Å². The summed E-state index contributed by atoms with van der Waals surface area (Å²) in [6, 6.07) is 8.40. The van der Waals surface area contributed by atoms with Gasteiger partial charge in [0.2, 0.25) is 0 Å². The van der Waals surface area contributed by atoms with Gasteiger partial charge in [-0.3, -0.25) is 0 Å². The second-order valence-corrected chi connectivity index (χ2v) is 6.95. The van der Waals surface area contributed by atoms with Crippen LogP contribution in [-0.4, -0.2) is 36.2 Å². The first-order chi connectivity index (χ1) is 9.01. The lowest BCUT2D eigenvalue weighted by molar-refractivity contribution is -0.0277. The highest BCUT2D eigenvalue weighted by Crippen LogP contribution is 2.40. The molecule has 0 radical (unpaired) electrons. The molecule has 1 N–H and O–H groups in total. The molecule has 1 aromatic rings. The van der Waals surface area contributed by atoms with Crippen LogP contribution in [0.2, 0.25) is 0 Å². The highest BCUT2D eigenvalue weighted by atomic mass is 79.9. The van der Waals surface area contributed by atoms with Gasteiger partial charge in [0.15, 0.2) is 0 Å². The smallest absolute Gasteiger partial charge is 0.0728 e. The molecule has 0 aliphatic heterocycles. The van der Waals surface area contributed by atoms with Crippen molar-refractivity contribution in [2.24, 2.45) is 0 Å². The van der Waals surface area contributed by atoms with E-state index in [1.165, 1.54) is 12.0 Å². The number of nitrogens with zero attached hydrogens (tertiary/aromatic N) is 1. The SMILES string of the molecule is CN(C)C[C@@H](c1cccc(Br)c1)C1(O)CCCCC1. The van der Waals surface area contributed by atoms with Crippen LogP contribution in [0.25, 0.3) is 0 Å². The van der Waals surface area contributed by atoms with Gasteiger partial charge < -0.3 is 10.0 Å². The molecule has 1 aliphatic rings. The standard InChI is InChI=1S/C16H24BrNO/c1-18(2)12-15(13-7-6-8-14(17)11-13)16(19)9-4-3-5-10-16/h6-8,11,15,19H,3-5,9-10,12H2,1-2H3/t15-/m0/s1. The number of likely N-dealkylation sites (N-methyl/N-ethyl adjacent to an activating group) is 1. The Kier molecular flexibility index (Phi) is 5.04. The van der Waals surface area contributed by atoms with Crippen molar-refractivity contribution in [3.8, 4) is 0 Å².